The lowest BCUT2D eigenvalue weighted by molar-refractivity contribution is -0.140. The first kappa shape index (κ1) is 32.3. The van der Waals surface area contributed by atoms with Crippen LogP contribution in [0.2, 0.25) is 5.02 Å². The Morgan fingerprint density at radius 2 is 1.49 bits per heavy atom. The van der Waals surface area contributed by atoms with Gasteiger partial charge in [0, 0.05) is 24.0 Å². The maximum atomic E-state index is 14.6. The zero-order valence-electron chi connectivity index (χ0n) is 25.3. The van der Waals surface area contributed by atoms with Gasteiger partial charge in [-0.25, -0.2) is 8.42 Å². The molecule has 1 saturated carbocycles. The second-order valence-corrected chi connectivity index (χ2v) is 13.8. The van der Waals surface area contributed by atoms with Crippen molar-refractivity contribution < 1.29 is 18.0 Å². The molecule has 2 amide bonds. The van der Waals surface area contributed by atoms with E-state index in [1.54, 1.807) is 36.4 Å². The number of rotatable bonds is 12. The number of benzene rings is 4. The molecule has 0 aliphatic heterocycles. The van der Waals surface area contributed by atoms with E-state index < -0.39 is 28.5 Å². The van der Waals surface area contributed by atoms with Crippen molar-refractivity contribution in [2.45, 2.75) is 62.6 Å². The fraction of sp³-hybridized carbons (Fsp3) is 0.278. The molecule has 234 valence electrons. The van der Waals surface area contributed by atoms with Crippen LogP contribution in [0.3, 0.4) is 0 Å². The van der Waals surface area contributed by atoms with Gasteiger partial charge in [0.2, 0.25) is 11.8 Å². The van der Waals surface area contributed by atoms with Crippen LogP contribution in [0.4, 0.5) is 5.69 Å². The van der Waals surface area contributed by atoms with Gasteiger partial charge in [-0.3, -0.25) is 13.9 Å². The molecule has 1 atom stereocenters. The number of hydrogen-bond donors (Lipinski definition) is 1. The van der Waals surface area contributed by atoms with Gasteiger partial charge in [0.05, 0.1) is 10.6 Å². The molecule has 5 rings (SSSR count). The smallest absolute Gasteiger partial charge is 0.264 e. The second-order valence-electron chi connectivity index (χ2n) is 11.5. The quantitative estimate of drug-likeness (QED) is 0.190. The lowest BCUT2D eigenvalue weighted by atomic mass is 10.0. The molecule has 1 fully saturated rings. The number of anilines is 1. The van der Waals surface area contributed by atoms with E-state index in [9.17, 15) is 18.0 Å². The zero-order chi connectivity index (χ0) is 31.8. The zero-order valence-corrected chi connectivity index (χ0v) is 26.9. The van der Waals surface area contributed by atoms with Crippen LogP contribution < -0.4 is 9.62 Å². The topological polar surface area (TPSA) is 86.8 Å². The molecule has 4 aromatic rings. The summed E-state index contributed by atoms with van der Waals surface area (Å²) in [6, 6.07) is 31.0. The standard InChI is InChI=1S/C36H38ClN3O4S/c1-27-12-10-15-29(22-27)25-39(34(23-28-13-4-2-5-14-28)36(42)38-31-17-8-9-18-31)35(41)26-40(32-19-11-16-30(37)24-32)45(43,44)33-20-6-3-7-21-33/h2-7,10-16,19-22,24,31,34H,8-9,17-18,23,25-26H2,1H3,(H,38,42)/t34-/m0/s1. The highest BCUT2D eigenvalue weighted by atomic mass is 35.5. The van der Waals surface area contributed by atoms with Crippen molar-refractivity contribution in [1.29, 1.82) is 0 Å². The summed E-state index contributed by atoms with van der Waals surface area (Å²) in [5, 5.41) is 3.53. The number of nitrogens with zero attached hydrogens (tertiary/aromatic N) is 2. The van der Waals surface area contributed by atoms with Crippen molar-refractivity contribution in [2.24, 2.45) is 0 Å². The molecule has 7 nitrogen and oxygen atoms in total. The summed E-state index contributed by atoms with van der Waals surface area (Å²) in [4.78, 5) is 30.2. The summed E-state index contributed by atoms with van der Waals surface area (Å²) >= 11 is 6.30. The van der Waals surface area contributed by atoms with E-state index in [1.807, 2.05) is 61.5 Å². The van der Waals surface area contributed by atoms with Crippen molar-refractivity contribution in [3.8, 4) is 0 Å². The van der Waals surface area contributed by atoms with Crippen LogP contribution in [-0.4, -0.2) is 43.8 Å². The molecule has 0 spiro atoms. The molecular formula is C36H38ClN3O4S. The third kappa shape index (κ3) is 8.32. The van der Waals surface area contributed by atoms with Crippen molar-refractivity contribution >= 4 is 39.1 Å². The third-order valence-electron chi connectivity index (χ3n) is 8.11. The Morgan fingerprint density at radius 1 is 0.844 bits per heavy atom. The van der Waals surface area contributed by atoms with Crippen LogP contribution in [0.15, 0.2) is 114 Å². The SMILES string of the molecule is Cc1cccc(CN(C(=O)CN(c2cccc(Cl)c2)S(=O)(=O)c2ccccc2)[C@@H](Cc2ccccc2)C(=O)NC2CCCC2)c1. The average molecular weight is 644 g/mol. The molecule has 45 heavy (non-hydrogen) atoms. The molecule has 1 aliphatic rings. The fourth-order valence-electron chi connectivity index (χ4n) is 5.81. The van der Waals surface area contributed by atoms with Gasteiger partial charge in [0.25, 0.3) is 10.0 Å². The van der Waals surface area contributed by atoms with Gasteiger partial charge in [-0.15, -0.1) is 0 Å². The van der Waals surface area contributed by atoms with Crippen LogP contribution in [0, 0.1) is 6.92 Å². The lowest BCUT2D eigenvalue weighted by Crippen LogP contribution is -2.54. The van der Waals surface area contributed by atoms with E-state index in [1.165, 1.54) is 23.1 Å². The molecule has 0 heterocycles. The molecule has 4 aromatic carbocycles. The van der Waals surface area contributed by atoms with Gasteiger partial charge < -0.3 is 10.2 Å². The average Bonchev–Trinajstić information content (AvgIpc) is 3.55. The molecule has 9 heteroatoms. The number of hydrogen-bond acceptors (Lipinski definition) is 4. The minimum Gasteiger partial charge on any atom is -0.352 e. The predicted octanol–water partition coefficient (Wildman–Crippen LogP) is 6.54. The van der Waals surface area contributed by atoms with Crippen LogP contribution in [0.25, 0.3) is 0 Å². The Bertz CT molecular complexity index is 1710. The third-order valence-corrected chi connectivity index (χ3v) is 10.1. The molecule has 1 aliphatic carbocycles. The van der Waals surface area contributed by atoms with Crippen LogP contribution in [-0.2, 0) is 32.6 Å². The van der Waals surface area contributed by atoms with Gasteiger partial charge in [0.15, 0.2) is 0 Å². The van der Waals surface area contributed by atoms with Gasteiger partial charge in [-0.1, -0.05) is 109 Å². The minimum atomic E-state index is -4.18. The predicted molar refractivity (Wildman–Crippen MR) is 178 cm³/mol. The Balaban J connectivity index is 1.56. The van der Waals surface area contributed by atoms with Crippen molar-refractivity contribution in [1.82, 2.24) is 10.2 Å². The van der Waals surface area contributed by atoms with E-state index in [0.717, 1.165) is 46.7 Å². The second kappa shape index (κ2) is 14.8. The number of aryl methyl sites for hydroxylation is 1. The van der Waals surface area contributed by atoms with E-state index >= 15 is 0 Å². The molecular weight excluding hydrogens is 606 g/mol. The largest absolute Gasteiger partial charge is 0.352 e. The summed E-state index contributed by atoms with van der Waals surface area (Å²) in [6.07, 6.45) is 4.17. The van der Waals surface area contributed by atoms with Crippen LogP contribution >= 0.6 is 11.6 Å². The molecule has 0 bridgehead atoms. The highest BCUT2D eigenvalue weighted by molar-refractivity contribution is 7.92. The number of amides is 2. The summed E-state index contributed by atoms with van der Waals surface area (Å²) in [7, 11) is -4.18. The minimum absolute atomic E-state index is 0.0443. The first-order valence-electron chi connectivity index (χ1n) is 15.2. The first-order valence-corrected chi connectivity index (χ1v) is 17.1. The molecule has 0 radical (unpaired) electrons. The number of carbonyl (C=O) groups excluding carboxylic acids is 2. The first-order chi connectivity index (χ1) is 21.7. The summed E-state index contributed by atoms with van der Waals surface area (Å²) in [6.45, 7) is 1.58. The van der Waals surface area contributed by atoms with E-state index in [0.29, 0.717) is 5.02 Å². The molecule has 0 unspecified atom stereocenters. The number of carbonyl (C=O) groups is 2. The summed E-state index contributed by atoms with van der Waals surface area (Å²) in [5.74, 6) is -0.745. The lowest BCUT2D eigenvalue weighted by Gasteiger charge is -2.34. The number of halogens is 1. The molecule has 1 N–H and O–H groups in total. The maximum absolute atomic E-state index is 14.6. The monoisotopic (exact) mass is 643 g/mol. The van der Waals surface area contributed by atoms with E-state index in [-0.39, 0.29) is 35.5 Å². The Kier molecular flexibility index (Phi) is 10.6. The number of nitrogens with one attached hydrogen (secondary N) is 1. The number of sulfonamides is 1. The van der Waals surface area contributed by atoms with Crippen molar-refractivity contribution in [3.63, 3.8) is 0 Å². The van der Waals surface area contributed by atoms with Gasteiger partial charge in [-0.05, 0) is 61.2 Å². The highest BCUT2D eigenvalue weighted by Crippen LogP contribution is 2.27. The Labute approximate surface area is 270 Å². The maximum Gasteiger partial charge on any atom is 0.264 e. The van der Waals surface area contributed by atoms with Crippen LogP contribution in [0.5, 0.6) is 0 Å². The normalized spacial score (nSPS) is 14.1. The summed E-state index contributed by atoms with van der Waals surface area (Å²) in [5.41, 5.74) is 3.01. The van der Waals surface area contributed by atoms with Crippen molar-refractivity contribution in [3.05, 3.63) is 131 Å². The van der Waals surface area contributed by atoms with Gasteiger partial charge in [0.1, 0.15) is 12.6 Å². The Morgan fingerprint density at radius 3 is 2.16 bits per heavy atom. The van der Waals surface area contributed by atoms with E-state index in [2.05, 4.69) is 5.32 Å². The van der Waals surface area contributed by atoms with Crippen LogP contribution in [0.1, 0.15) is 42.4 Å². The van der Waals surface area contributed by atoms with Gasteiger partial charge in [-0.2, -0.15) is 0 Å². The molecule has 0 aromatic heterocycles. The fourth-order valence-corrected chi connectivity index (χ4v) is 7.42. The van der Waals surface area contributed by atoms with Gasteiger partial charge >= 0.3 is 0 Å². The van der Waals surface area contributed by atoms with E-state index in [4.69, 9.17) is 11.6 Å². The summed E-state index contributed by atoms with van der Waals surface area (Å²) < 4.78 is 29.2. The Hall–Kier alpha value is -4.14. The molecule has 0 saturated heterocycles. The highest BCUT2D eigenvalue weighted by Gasteiger charge is 2.35. The van der Waals surface area contributed by atoms with Crippen molar-refractivity contribution in [2.75, 3.05) is 10.8 Å².